The van der Waals surface area contributed by atoms with Crippen molar-refractivity contribution in [1.29, 1.82) is 0 Å². The van der Waals surface area contributed by atoms with Gasteiger partial charge in [0.25, 0.3) is 0 Å². The van der Waals surface area contributed by atoms with Gasteiger partial charge in [-0.1, -0.05) is 0 Å². The van der Waals surface area contributed by atoms with Crippen molar-refractivity contribution in [3.8, 4) is 0 Å². The predicted octanol–water partition coefficient (Wildman–Crippen LogP) is 0.313. The number of carbonyl (C=O) groups excluding carboxylic acids is 1. The van der Waals surface area contributed by atoms with Crippen LogP contribution in [0.1, 0.15) is 26.7 Å². The number of aliphatic hydroxyl groups is 1. The standard InChI is InChI=1S/C4H11NO.C3H6O/c5-3-1-2-4-6;1-3(2)4/h6H,1-5H2;1-2H3. The van der Waals surface area contributed by atoms with Gasteiger partial charge in [0, 0.05) is 6.61 Å². The minimum absolute atomic E-state index is 0.167. The summed E-state index contributed by atoms with van der Waals surface area (Å²) in [6, 6.07) is 0. The van der Waals surface area contributed by atoms with E-state index < -0.39 is 0 Å². The Labute approximate surface area is 62.2 Å². The molecular formula is C7H17NO2. The molecule has 10 heavy (non-hydrogen) atoms. The van der Waals surface area contributed by atoms with E-state index in [4.69, 9.17) is 10.8 Å². The predicted molar refractivity (Wildman–Crippen MR) is 41.7 cm³/mol. The highest BCUT2D eigenvalue weighted by atomic mass is 16.2. The first-order valence-corrected chi connectivity index (χ1v) is 3.43. The number of hydrogen-bond donors (Lipinski definition) is 2. The summed E-state index contributed by atoms with van der Waals surface area (Å²) >= 11 is 0. The maximum Gasteiger partial charge on any atom is 0.126 e. The molecule has 0 bridgehead atoms. The summed E-state index contributed by atoms with van der Waals surface area (Å²) in [4.78, 5) is 9.44. The maximum atomic E-state index is 9.44. The van der Waals surface area contributed by atoms with Gasteiger partial charge in [0.15, 0.2) is 0 Å². The monoisotopic (exact) mass is 147 g/mol. The molecule has 3 nitrogen and oxygen atoms in total. The molecule has 0 heterocycles. The molecule has 0 aliphatic heterocycles. The average Bonchev–Trinajstić information content (AvgIpc) is 1.82. The largest absolute Gasteiger partial charge is 0.396 e. The fraction of sp³-hybridized carbons (Fsp3) is 0.857. The summed E-state index contributed by atoms with van der Waals surface area (Å²) < 4.78 is 0. The van der Waals surface area contributed by atoms with Crippen LogP contribution in [0.4, 0.5) is 0 Å². The van der Waals surface area contributed by atoms with Crippen molar-refractivity contribution >= 4 is 5.78 Å². The van der Waals surface area contributed by atoms with Crippen molar-refractivity contribution in [2.24, 2.45) is 5.73 Å². The van der Waals surface area contributed by atoms with Gasteiger partial charge in [0.1, 0.15) is 5.78 Å². The first-order valence-electron chi connectivity index (χ1n) is 3.43. The molecule has 3 N–H and O–H groups in total. The quantitative estimate of drug-likeness (QED) is 0.565. The van der Waals surface area contributed by atoms with Gasteiger partial charge in [0.05, 0.1) is 0 Å². The first kappa shape index (κ1) is 12.3. The number of aliphatic hydroxyl groups excluding tert-OH is 1. The van der Waals surface area contributed by atoms with E-state index in [-0.39, 0.29) is 12.4 Å². The number of nitrogens with two attached hydrogens (primary N) is 1. The van der Waals surface area contributed by atoms with Crippen LogP contribution >= 0.6 is 0 Å². The fourth-order valence-corrected chi connectivity index (χ4v) is 0.256. The molecule has 0 aromatic rings. The molecule has 0 fully saturated rings. The fourth-order valence-electron chi connectivity index (χ4n) is 0.256. The van der Waals surface area contributed by atoms with Crippen molar-refractivity contribution in [2.45, 2.75) is 26.7 Å². The number of Topliss-reactive ketones (excluding diaryl/α,β-unsaturated/α-hetero) is 1. The third-order valence-electron chi connectivity index (χ3n) is 0.612. The number of ketones is 1. The van der Waals surface area contributed by atoms with Gasteiger partial charge in [-0.2, -0.15) is 0 Å². The highest BCUT2D eigenvalue weighted by Gasteiger charge is 1.76. The third kappa shape index (κ3) is 49.1. The van der Waals surface area contributed by atoms with Gasteiger partial charge in [-0.05, 0) is 33.2 Å². The van der Waals surface area contributed by atoms with E-state index in [1.807, 2.05) is 0 Å². The van der Waals surface area contributed by atoms with Crippen LogP contribution < -0.4 is 5.73 Å². The molecular weight excluding hydrogens is 130 g/mol. The lowest BCUT2D eigenvalue weighted by atomic mass is 10.3. The van der Waals surface area contributed by atoms with Gasteiger partial charge in [-0.3, -0.25) is 0 Å². The molecule has 0 spiro atoms. The lowest BCUT2D eigenvalue weighted by Gasteiger charge is -1.86. The van der Waals surface area contributed by atoms with Crippen molar-refractivity contribution in [1.82, 2.24) is 0 Å². The average molecular weight is 147 g/mol. The number of carbonyl (C=O) groups is 1. The van der Waals surface area contributed by atoms with E-state index in [1.165, 1.54) is 13.8 Å². The van der Waals surface area contributed by atoms with E-state index in [2.05, 4.69) is 0 Å². The Morgan fingerprint density at radius 3 is 1.90 bits per heavy atom. The molecule has 62 valence electrons. The van der Waals surface area contributed by atoms with Gasteiger partial charge in [-0.25, -0.2) is 0 Å². The van der Waals surface area contributed by atoms with Gasteiger partial charge >= 0.3 is 0 Å². The van der Waals surface area contributed by atoms with Crippen LogP contribution in [0.15, 0.2) is 0 Å². The van der Waals surface area contributed by atoms with Crippen LogP contribution in [0.25, 0.3) is 0 Å². The Morgan fingerprint density at radius 1 is 1.40 bits per heavy atom. The summed E-state index contributed by atoms with van der Waals surface area (Å²) in [6.45, 7) is 4.03. The zero-order chi connectivity index (χ0) is 8.41. The maximum absolute atomic E-state index is 9.44. The molecule has 0 atom stereocenters. The smallest absolute Gasteiger partial charge is 0.126 e. The van der Waals surface area contributed by atoms with Crippen LogP contribution in [0, 0.1) is 0 Å². The summed E-state index contributed by atoms with van der Waals surface area (Å²) in [5.74, 6) is 0.167. The minimum Gasteiger partial charge on any atom is -0.396 e. The van der Waals surface area contributed by atoms with E-state index in [9.17, 15) is 4.79 Å². The zero-order valence-electron chi connectivity index (χ0n) is 6.76. The lowest BCUT2D eigenvalue weighted by Crippen LogP contribution is -1.98. The molecule has 0 saturated heterocycles. The highest BCUT2D eigenvalue weighted by molar-refractivity contribution is 5.72. The molecule has 0 saturated carbocycles. The van der Waals surface area contributed by atoms with E-state index in [1.54, 1.807) is 0 Å². The van der Waals surface area contributed by atoms with Crippen LogP contribution in [0.3, 0.4) is 0 Å². The Morgan fingerprint density at radius 2 is 1.80 bits per heavy atom. The van der Waals surface area contributed by atoms with E-state index >= 15 is 0 Å². The topological polar surface area (TPSA) is 63.3 Å². The van der Waals surface area contributed by atoms with Crippen LogP contribution in [0.5, 0.6) is 0 Å². The second-order valence-corrected chi connectivity index (χ2v) is 2.13. The second kappa shape index (κ2) is 11.4. The van der Waals surface area contributed by atoms with E-state index in [0.29, 0.717) is 6.54 Å². The third-order valence-corrected chi connectivity index (χ3v) is 0.612. The summed E-state index contributed by atoms with van der Waals surface area (Å²) in [5, 5.41) is 8.14. The van der Waals surface area contributed by atoms with Crippen LogP contribution in [0.2, 0.25) is 0 Å². The zero-order valence-corrected chi connectivity index (χ0v) is 6.76. The van der Waals surface area contributed by atoms with Crippen molar-refractivity contribution in [2.75, 3.05) is 13.2 Å². The Kier molecular flexibility index (Phi) is 14.0. The number of hydrogen-bond acceptors (Lipinski definition) is 3. The van der Waals surface area contributed by atoms with Crippen LogP contribution in [-0.2, 0) is 4.79 Å². The summed E-state index contributed by atoms with van der Waals surface area (Å²) in [6.07, 6.45) is 1.78. The molecule has 0 amide bonds. The van der Waals surface area contributed by atoms with E-state index in [0.717, 1.165) is 12.8 Å². The Bertz CT molecular complexity index is 66.0. The minimum atomic E-state index is 0.167. The molecule has 0 aliphatic carbocycles. The number of unbranched alkanes of at least 4 members (excludes halogenated alkanes) is 1. The van der Waals surface area contributed by atoms with Gasteiger partial charge in [0.2, 0.25) is 0 Å². The molecule has 0 aromatic heterocycles. The molecule has 0 radical (unpaired) electrons. The summed E-state index contributed by atoms with van der Waals surface area (Å²) in [7, 11) is 0. The Balaban J connectivity index is 0. The van der Waals surface area contributed by atoms with Crippen molar-refractivity contribution in [3.05, 3.63) is 0 Å². The normalized spacial score (nSPS) is 8.00. The highest BCUT2D eigenvalue weighted by Crippen LogP contribution is 1.79. The lowest BCUT2D eigenvalue weighted by molar-refractivity contribution is -0.114. The molecule has 0 unspecified atom stereocenters. The van der Waals surface area contributed by atoms with Gasteiger partial charge < -0.3 is 15.6 Å². The first-order chi connectivity index (χ1) is 4.65. The Hall–Kier alpha value is -0.410. The second-order valence-electron chi connectivity index (χ2n) is 2.13. The van der Waals surface area contributed by atoms with Crippen LogP contribution in [-0.4, -0.2) is 24.0 Å². The SMILES string of the molecule is CC(C)=O.NCCCCO. The molecule has 0 rings (SSSR count). The number of rotatable bonds is 3. The van der Waals surface area contributed by atoms with Gasteiger partial charge in [-0.15, -0.1) is 0 Å². The molecule has 3 heteroatoms. The van der Waals surface area contributed by atoms with Crippen molar-refractivity contribution in [3.63, 3.8) is 0 Å². The molecule has 0 aliphatic rings. The summed E-state index contributed by atoms with van der Waals surface area (Å²) in [5.41, 5.74) is 5.10. The van der Waals surface area contributed by atoms with Crippen molar-refractivity contribution < 1.29 is 9.90 Å². The molecule has 0 aromatic carbocycles.